The summed E-state index contributed by atoms with van der Waals surface area (Å²) in [5.74, 6) is -0.400. The van der Waals surface area contributed by atoms with Gasteiger partial charge >= 0.3 is 5.97 Å². The van der Waals surface area contributed by atoms with E-state index in [1.165, 1.54) is 25.9 Å². The number of likely N-dealkylation sites (tertiary alicyclic amines) is 1. The van der Waals surface area contributed by atoms with Crippen molar-refractivity contribution >= 4 is 11.7 Å². The van der Waals surface area contributed by atoms with Crippen molar-refractivity contribution in [3.05, 3.63) is 23.8 Å². The normalized spacial score (nSPS) is 18.4. The summed E-state index contributed by atoms with van der Waals surface area (Å²) < 4.78 is 5.59. The highest BCUT2D eigenvalue weighted by molar-refractivity contribution is 5.93. The van der Waals surface area contributed by atoms with Gasteiger partial charge in [-0.2, -0.15) is 0 Å². The lowest BCUT2D eigenvalue weighted by atomic mass is 10.1. The molecule has 1 aromatic rings. The summed E-state index contributed by atoms with van der Waals surface area (Å²) in [5, 5.41) is 9.24. The van der Waals surface area contributed by atoms with E-state index in [1.54, 1.807) is 12.1 Å². The Labute approximate surface area is 125 Å². The van der Waals surface area contributed by atoms with Gasteiger partial charge < -0.3 is 19.6 Å². The maximum absolute atomic E-state index is 11.3. The fourth-order valence-corrected chi connectivity index (χ4v) is 3.20. The molecule has 2 heterocycles. The van der Waals surface area contributed by atoms with Crippen LogP contribution in [0.25, 0.3) is 0 Å². The molecule has 5 nitrogen and oxygen atoms in total. The first-order chi connectivity index (χ1) is 10.3. The van der Waals surface area contributed by atoms with Crippen LogP contribution >= 0.6 is 0 Å². The number of hydrogen-bond donors (Lipinski definition) is 1. The van der Waals surface area contributed by atoms with Gasteiger partial charge in [-0.05, 0) is 51.0 Å². The van der Waals surface area contributed by atoms with Crippen molar-refractivity contribution < 1.29 is 14.6 Å². The summed E-state index contributed by atoms with van der Waals surface area (Å²) in [6.45, 7) is 5.92. The molecule has 0 unspecified atom stereocenters. The fourth-order valence-electron chi connectivity index (χ4n) is 3.20. The Hall–Kier alpha value is -1.75. The monoisotopic (exact) mass is 290 g/mol. The van der Waals surface area contributed by atoms with Crippen LogP contribution < -0.4 is 9.64 Å². The average Bonchev–Trinajstić information content (AvgIpc) is 3.00. The molecule has 0 radical (unpaired) electrons. The maximum Gasteiger partial charge on any atom is 0.339 e. The molecule has 2 aliphatic rings. The Morgan fingerprint density at radius 2 is 2.00 bits per heavy atom. The van der Waals surface area contributed by atoms with Gasteiger partial charge in [0.05, 0.1) is 12.2 Å². The van der Waals surface area contributed by atoms with Crippen molar-refractivity contribution in [1.29, 1.82) is 0 Å². The Balaban J connectivity index is 1.65. The highest BCUT2D eigenvalue weighted by atomic mass is 16.5. The minimum Gasteiger partial charge on any atom is -0.489 e. The Bertz CT molecular complexity index is 512. The number of anilines is 1. The first-order valence-corrected chi connectivity index (χ1v) is 7.72. The van der Waals surface area contributed by atoms with Crippen molar-refractivity contribution in [3.8, 4) is 5.75 Å². The molecule has 21 heavy (non-hydrogen) atoms. The number of ether oxygens (including phenoxy) is 1. The second kappa shape index (κ2) is 6.35. The summed E-state index contributed by atoms with van der Waals surface area (Å²) in [5.41, 5.74) is 1.18. The van der Waals surface area contributed by atoms with Gasteiger partial charge in [0.1, 0.15) is 12.2 Å². The first-order valence-electron chi connectivity index (χ1n) is 7.72. The number of nitrogens with zero attached hydrogens (tertiary/aromatic N) is 2. The highest BCUT2D eigenvalue weighted by Gasteiger charge is 2.23. The van der Waals surface area contributed by atoms with Crippen LogP contribution in [0.1, 0.15) is 29.6 Å². The third kappa shape index (κ3) is 3.13. The van der Waals surface area contributed by atoms with Gasteiger partial charge in [-0.25, -0.2) is 4.79 Å². The molecular weight excluding hydrogens is 268 g/mol. The smallest absolute Gasteiger partial charge is 0.339 e. The molecule has 114 valence electrons. The van der Waals surface area contributed by atoms with Crippen LogP contribution in [0.5, 0.6) is 5.75 Å². The van der Waals surface area contributed by atoms with Crippen LogP contribution in [-0.2, 0) is 0 Å². The van der Waals surface area contributed by atoms with Gasteiger partial charge in [0, 0.05) is 6.54 Å². The third-order valence-electron chi connectivity index (χ3n) is 4.27. The molecule has 0 aliphatic carbocycles. The van der Waals surface area contributed by atoms with Gasteiger partial charge in [-0.15, -0.1) is 0 Å². The number of aromatic carboxylic acids is 1. The second-order valence-electron chi connectivity index (χ2n) is 5.70. The van der Waals surface area contributed by atoms with Crippen molar-refractivity contribution in [3.63, 3.8) is 0 Å². The van der Waals surface area contributed by atoms with Crippen molar-refractivity contribution in [2.45, 2.75) is 19.3 Å². The Morgan fingerprint density at radius 1 is 1.19 bits per heavy atom. The van der Waals surface area contributed by atoms with E-state index in [1.807, 2.05) is 6.07 Å². The number of rotatable bonds is 5. The van der Waals surface area contributed by atoms with E-state index >= 15 is 0 Å². The van der Waals surface area contributed by atoms with Crippen molar-refractivity contribution in [2.24, 2.45) is 0 Å². The number of fused-ring (bicyclic) bond motifs is 1. The topological polar surface area (TPSA) is 53.0 Å². The van der Waals surface area contributed by atoms with E-state index in [-0.39, 0.29) is 5.56 Å². The fraction of sp³-hybridized carbons (Fsp3) is 0.562. The van der Waals surface area contributed by atoms with Gasteiger partial charge in [0.15, 0.2) is 5.75 Å². The lowest BCUT2D eigenvalue weighted by Crippen LogP contribution is -2.35. The number of para-hydroxylation sites is 1. The van der Waals surface area contributed by atoms with Crippen LogP contribution in [0.15, 0.2) is 18.2 Å². The number of benzene rings is 1. The van der Waals surface area contributed by atoms with Crippen LogP contribution in [-0.4, -0.2) is 55.3 Å². The third-order valence-corrected chi connectivity index (χ3v) is 4.27. The second-order valence-corrected chi connectivity index (χ2v) is 5.70. The number of hydrogen-bond acceptors (Lipinski definition) is 4. The molecule has 3 rings (SSSR count). The van der Waals surface area contributed by atoms with E-state index < -0.39 is 5.97 Å². The van der Waals surface area contributed by atoms with E-state index in [0.717, 1.165) is 31.7 Å². The minimum atomic E-state index is -0.925. The van der Waals surface area contributed by atoms with E-state index in [9.17, 15) is 9.90 Å². The molecule has 0 atom stereocenters. The molecule has 0 aromatic heterocycles. The predicted molar refractivity (Wildman–Crippen MR) is 81.4 cm³/mol. The zero-order valence-corrected chi connectivity index (χ0v) is 12.3. The molecule has 0 spiro atoms. The standard InChI is InChI=1S/C16H22N2O3/c19-16(20)13-5-3-6-14-15(13)21-12-11-18(14)10-4-9-17-7-1-2-8-17/h3,5-6H,1-2,4,7-12H2,(H,19,20). The average molecular weight is 290 g/mol. The number of carboxylic acid groups (broad SMARTS) is 1. The highest BCUT2D eigenvalue weighted by Crippen LogP contribution is 2.35. The molecule has 0 bridgehead atoms. The SMILES string of the molecule is O=C(O)c1cccc2c1OCCN2CCCN1CCCC1. The molecule has 0 amide bonds. The van der Waals surface area contributed by atoms with E-state index in [2.05, 4.69) is 9.80 Å². The van der Waals surface area contributed by atoms with Gasteiger partial charge in [-0.1, -0.05) is 6.07 Å². The minimum absolute atomic E-state index is 0.261. The predicted octanol–water partition coefficient (Wildman–Crippen LogP) is 2.07. The first kappa shape index (κ1) is 14.2. The molecule has 5 heteroatoms. The van der Waals surface area contributed by atoms with Gasteiger partial charge in [0.25, 0.3) is 0 Å². The maximum atomic E-state index is 11.3. The summed E-state index contributed by atoms with van der Waals surface area (Å²) in [6.07, 6.45) is 3.75. The zero-order chi connectivity index (χ0) is 14.7. The summed E-state index contributed by atoms with van der Waals surface area (Å²) >= 11 is 0. The Kier molecular flexibility index (Phi) is 4.29. The molecule has 0 saturated carbocycles. The number of carboxylic acids is 1. The molecule has 1 saturated heterocycles. The molecule has 1 aromatic carbocycles. The van der Waals surface area contributed by atoms with Crippen molar-refractivity contribution in [2.75, 3.05) is 44.2 Å². The van der Waals surface area contributed by atoms with Crippen LogP contribution in [0.4, 0.5) is 5.69 Å². The summed E-state index contributed by atoms with van der Waals surface area (Å²) in [7, 11) is 0. The van der Waals surface area contributed by atoms with Gasteiger partial charge in [-0.3, -0.25) is 0 Å². The summed E-state index contributed by atoms with van der Waals surface area (Å²) in [4.78, 5) is 16.0. The van der Waals surface area contributed by atoms with Crippen molar-refractivity contribution in [1.82, 2.24) is 4.90 Å². The van der Waals surface area contributed by atoms with E-state index in [4.69, 9.17) is 4.74 Å². The van der Waals surface area contributed by atoms with Crippen LogP contribution in [0.3, 0.4) is 0 Å². The molecule has 1 fully saturated rings. The van der Waals surface area contributed by atoms with E-state index in [0.29, 0.717) is 12.4 Å². The molecule has 1 N–H and O–H groups in total. The summed E-state index contributed by atoms with van der Waals surface area (Å²) in [6, 6.07) is 5.36. The quantitative estimate of drug-likeness (QED) is 0.899. The molecular formula is C16H22N2O3. The molecule has 2 aliphatic heterocycles. The number of carbonyl (C=O) groups is 1. The lowest BCUT2D eigenvalue weighted by Gasteiger charge is -2.32. The van der Waals surface area contributed by atoms with Crippen LogP contribution in [0, 0.1) is 0 Å². The van der Waals surface area contributed by atoms with Gasteiger partial charge in [0.2, 0.25) is 0 Å². The zero-order valence-electron chi connectivity index (χ0n) is 12.3. The Morgan fingerprint density at radius 3 is 2.76 bits per heavy atom. The largest absolute Gasteiger partial charge is 0.489 e. The lowest BCUT2D eigenvalue weighted by molar-refractivity contribution is 0.0692. The van der Waals surface area contributed by atoms with Crippen LogP contribution in [0.2, 0.25) is 0 Å².